The second kappa shape index (κ2) is 14.9. The highest BCUT2D eigenvalue weighted by atomic mass is 14.2. The van der Waals surface area contributed by atoms with Crippen LogP contribution in [-0.4, -0.2) is 0 Å². The molecule has 12 aromatic rings. The van der Waals surface area contributed by atoms with Crippen molar-refractivity contribution in [1.29, 1.82) is 0 Å². The van der Waals surface area contributed by atoms with Crippen LogP contribution in [0.5, 0.6) is 0 Å². The lowest BCUT2D eigenvalue weighted by Gasteiger charge is -2.21. The molecular weight excluding hydrogens is 745 g/mol. The molecule has 0 atom stereocenters. The van der Waals surface area contributed by atoms with E-state index in [4.69, 9.17) is 0 Å². The maximum absolute atomic E-state index is 2.37. The van der Waals surface area contributed by atoms with Crippen molar-refractivity contribution in [3.8, 4) is 66.8 Å². The lowest BCUT2D eigenvalue weighted by Crippen LogP contribution is -1.94. The maximum atomic E-state index is 2.37. The van der Waals surface area contributed by atoms with Crippen molar-refractivity contribution in [3.05, 3.63) is 243 Å². The third kappa shape index (κ3) is 5.99. The Bertz CT molecular complexity index is 3520. The summed E-state index contributed by atoms with van der Waals surface area (Å²) in [5.74, 6) is 0. The molecular formula is C62H40. The van der Waals surface area contributed by atoms with Gasteiger partial charge in [0.2, 0.25) is 0 Å². The molecule has 0 aliphatic heterocycles. The molecule has 0 heteroatoms. The monoisotopic (exact) mass is 784 g/mol. The van der Waals surface area contributed by atoms with Crippen molar-refractivity contribution in [2.75, 3.05) is 0 Å². The van der Waals surface area contributed by atoms with E-state index in [2.05, 4.69) is 243 Å². The van der Waals surface area contributed by atoms with E-state index in [-0.39, 0.29) is 0 Å². The number of rotatable bonds is 6. The highest BCUT2D eigenvalue weighted by molar-refractivity contribution is 6.25. The van der Waals surface area contributed by atoms with Gasteiger partial charge >= 0.3 is 0 Å². The van der Waals surface area contributed by atoms with Crippen LogP contribution in [-0.2, 0) is 0 Å². The van der Waals surface area contributed by atoms with Gasteiger partial charge in [0.1, 0.15) is 0 Å². The van der Waals surface area contributed by atoms with E-state index in [1.807, 2.05) is 0 Å². The molecule has 0 saturated carbocycles. The van der Waals surface area contributed by atoms with E-state index in [0.717, 1.165) is 0 Å². The average Bonchev–Trinajstić information content (AvgIpc) is 3.35. The van der Waals surface area contributed by atoms with E-state index in [1.165, 1.54) is 121 Å². The zero-order chi connectivity index (χ0) is 41.0. The SMILES string of the molecule is c1ccc(-c2cc(-c3ccccc3)c(-c3ccc(-c4c5ccccc5c(-c5cccc6c5ccc5cc7ccccc7cc56)c5ccccc45)cc3)c(-c3ccccc3)c2)cc1. The summed E-state index contributed by atoms with van der Waals surface area (Å²) in [6.45, 7) is 0. The smallest absolute Gasteiger partial charge is 0.00201 e. The van der Waals surface area contributed by atoms with Gasteiger partial charge in [0.25, 0.3) is 0 Å². The fourth-order valence-corrected chi connectivity index (χ4v) is 9.97. The van der Waals surface area contributed by atoms with Crippen molar-refractivity contribution in [3.63, 3.8) is 0 Å². The van der Waals surface area contributed by atoms with Gasteiger partial charge in [-0.1, -0.05) is 218 Å². The predicted molar refractivity (Wildman–Crippen MR) is 267 cm³/mol. The van der Waals surface area contributed by atoms with Crippen LogP contribution in [0.15, 0.2) is 243 Å². The Balaban J connectivity index is 1.06. The topological polar surface area (TPSA) is 0 Å². The summed E-state index contributed by atoms with van der Waals surface area (Å²) in [7, 11) is 0. The molecule has 0 fully saturated rings. The average molecular weight is 785 g/mol. The van der Waals surface area contributed by atoms with Crippen LogP contribution in [0.1, 0.15) is 0 Å². The van der Waals surface area contributed by atoms with Gasteiger partial charge in [-0.25, -0.2) is 0 Å². The normalized spacial score (nSPS) is 11.5. The summed E-state index contributed by atoms with van der Waals surface area (Å²) >= 11 is 0. The van der Waals surface area contributed by atoms with Crippen LogP contribution in [0.2, 0.25) is 0 Å². The number of hydrogen-bond acceptors (Lipinski definition) is 0. The van der Waals surface area contributed by atoms with Crippen LogP contribution in [0, 0.1) is 0 Å². The summed E-state index contributed by atoms with van der Waals surface area (Å²) in [6, 6.07) is 89.4. The molecule has 0 radical (unpaired) electrons. The highest BCUT2D eigenvalue weighted by Crippen LogP contribution is 2.48. The molecule has 0 nitrogen and oxygen atoms in total. The third-order valence-corrected chi connectivity index (χ3v) is 12.8. The number of hydrogen-bond donors (Lipinski definition) is 0. The number of benzene rings is 12. The van der Waals surface area contributed by atoms with Gasteiger partial charge in [0, 0.05) is 0 Å². The van der Waals surface area contributed by atoms with Crippen molar-refractivity contribution in [2.45, 2.75) is 0 Å². The molecule has 0 spiro atoms. The van der Waals surface area contributed by atoms with Crippen molar-refractivity contribution < 1.29 is 0 Å². The molecule has 0 bridgehead atoms. The van der Waals surface area contributed by atoms with Crippen molar-refractivity contribution in [2.24, 2.45) is 0 Å². The van der Waals surface area contributed by atoms with Crippen LogP contribution in [0.25, 0.3) is 121 Å². The van der Waals surface area contributed by atoms with Crippen molar-refractivity contribution >= 4 is 53.9 Å². The molecule has 62 heavy (non-hydrogen) atoms. The predicted octanol–water partition coefficient (Wildman–Crippen LogP) is 17.5. The molecule has 0 aliphatic rings. The molecule has 12 aromatic carbocycles. The fourth-order valence-electron chi connectivity index (χ4n) is 9.97. The summed E-state index contributed by atoms with van der Waals surface area (Å²) < 4.78 is 0. The molecule has 0 heterocycles. The van der Waals surface area contributed by atoms with Crippen LogP contribution in [0.3, 0.4) is 0 Å². The fraction of sp³-hybridized carbons (Fsp3) is 0. The third-order valence-electron chi connectivity index (χ3n) is 12.8. The molecule has 0 amide bonds. The van der Waals surface area contributed by atoms with Gasteiger partial charge in [0.05, 0.1) is 0 Å². The largest absolute Gasteiger partial charge is 0.0622 e. The minimum Gasteiger partial charge on any atom is -0.0622 e. The maximum Gasteiger partial charge on any atom is -0.00201 e. The molecule has 0 aromatic heterocycles. The first-order chi connectivity index (χ1) is 30.8. The molecule has 0 aliphatic carbocycles. The Hall–Kier alpha value is -8.06. The summed E-state index contributed by atoms with van der Waals surface area (Å²) in [5, 5.41) is 12.6. The Kier molecular flexibility index (Phi) is 8.61. The van der Waals surface area contributed by atoms with E-state index in [0.29, 0.717) is 0 Å². The zero-order valence-electron chi connectivity index (χ0n) is 34.1. The lowest BCUT2D eigenvalue weighted by molar-refractivity contribution is 1.54. The second-order valence-electron chi connectivity index (χ2n) is 16.3. The summed E-state index contributed by atoms with van der Waals surface area (Å²) in [4.78, 5) is 0. The van der Waals surface area contributed by atoms with Crippen LogP contribution >= 0.6 is 0 Å². The first-order valence-corrected chi connectivity index (χ1v) is 21.5. The standard InChI is InChI=1S/C62H40/c1-4-17-41(18-5-1)49-39-58(42-19-6-2-7-20-42)61(59(40-49)43-21-8-3-9-22-43)45-33-31-44(32-34-45)60-53-25-12-14-27-55(53)62(56-28-15-13-26-54(56)60)52-30-16-29-50-51(52)36-35-48-37-46-23-10-11-24-47(46)38-57(48)50/h1-40H. The van der Waals surface area contributed by atoms with Crippen LogP contribution in [0.4, 0.5) is 0 Å². The first-order valence-electron chi connectivity index (χ1n) is 21.5. The van der Waals surface area contributed by atoms with Gasteiger partial charge in [0.15, 0.2) is 0 Å². The Morgan fingerprint density at radius 3 is 1.18 bits per heavy atom. The second-order valence-corrected chi connectivity index (χ2v) is 16.3. The molecule has 0 saturated heterocycles. The Labute approximate surface area is 361 Å². The molecule has 12 rings (SSSR count). The van der Waals surface area contributed by atoms with Gasteiger partial charge < -0.3 is 0 Å². The lowest BCUT2D eigenvalue weighted by atomic mass is 9.83. The molecule has 0 N–H and O–H groups in total. The zero-order valence-corrected chi connectivity index (χ0v) is 34.1. The minimum atomic E-state index is 1.19. The Morgan fingerprint density at radius 1 is 0.161 bits per heavy atom. The van der Waals surface area contributed by atoms with Gasteiger partial charge in [-0.15, -0.1) is 0 Å². The summed E-state index contributed by atoms with van der Waals surface area (Å²) in [5.41, 5.74) is 14.7. The van der Waals surface area contributed by atoms with E-state index < -0.39 is 0 Å². The van der Waals surface area contributed by atoms with Gasteiger partial charge in [-0.05, 0) is 145 Å². The Morgan fingerprint density at radius 2 is 0.613 bits per heavy atom. The quantitative estimate of drug-likeness (QED) is 0.116. The minimum absolute atomic E-state index is 1.19. The highest BCUT2D eigenvalue weighted by Gasteiger charge is 2.21. The van der Waals surface area contributed by atoms with Gasteiger partial charge in [-0.3, -0.25) is 0 Å². The summed E-state index contributed by atoms with van der Waals surface area (Å²) in [6.07, 6.45) is 0. The number of fused-ring (bicyclic) bond motifs is 6. The van der Waals surface area contributed by atoms with Crippen molar-refractivity contribution in [1.82, 2.24) is 0 Å². The molecule has 288 valence electrons. The van der Waals surface area contributed by atoms with E-state index >= 15 is 0 Å². The molecule has 0 unspecified atom stereocenters. The first kappa shape index (κ1) is 35.8. The van der Waals surface area contributed by atoms with Gasteiger partial charge in [-0.2, -0.15) is 0 Å². The van der Waals surface area contributed by atoms with E-state index in [9.17, 15) is 0 Å². The van der Waals surface area contributed by atoms with Crippen LogP contribution < -0.4 is 0 Å². The van der Waals surface area contributed by atoms with E-state index in [1.54, 1.807) is 0 Å².